The number of pyridine rings is 1. The first-order valence-corrected chi connectivity index (χ1v) is 6.63. The molecule has 0 aromatic carbocycles. The molecule has 1 heterocycles. The van der Waals surface area contributed by atoms with E-state index in [2.05, 4.69) is 15.6 Å². The van der Waals surface area contributed by atoms with Gasteiger partial charge in [-0.3, -0.25) is 14.9 Å². The van der Waals surface area contributed by atoms with Gasteiger partial charge in [-0.25, -0.2) is 4.98 Å². The van der Waals surface area contributed by atoms with Crippen LogP contribution in [0.4, 0.5) is 11.5 Å². The molecule has 1 aromatic rings. The van der Waals surface area contributed by atoms with Crippen molar-refractivity contribution in [2.24, 2.45) is 0 Å². The van der Waals surface area contributed by atoms with Crippen LogP contribution < -0.4 is 10.6 Å². The molecule has 8 nitrogen and oxygen atoms in total. The fourth-order valence-electron chi connectivity index (χ4n) is 1.74. The van der Waals surface area contributed by atoms with Crippen LogP contribution in [0.25, 0.3) is 0 Å². The number of aromatic nitrogens is 1. The Morgan fingerprint density at radius 3 is 2.71 bits per heavy atom. The molecule has 116 valence electrons. The molecule has 0 aliphatic carbocycles. The summed E-state index contributed by atoms with van der Waals surface area (Å²) in [5, 5.41) is 16.5. The van der Waals surface area contributed by atoms with Gasteiger partial charge in [0, 0.05) is 19.2 Å². The van der Waals surface area contributed by atoms with E-state index in [1.807, 2.05) is 25.9 Å². The predicted octanol–water partition coefficient (Wildman–Crippen LogP) is 1.10. The van der Waals surface area contributed by atoms with E-state index in [-0.39, 0.29) is 17.3 Å². The number of nitrogens with zero attached hydrogens (tertiary/aromatic N) is 3. The van der Waals surface area contributed by atoms with Crippen molar-refractivity contribution in [3.63, 3.8) is 0 Å². The standard InChI is InChI=1S/C13H21N5O3/c1-9(5-6-17(3)4)16-13(19)10-7-12(14-2)15-8-11(10)18(20)21/h7-9H,5-6H2,1-4H3,(H,14,15)(H,16,19). The fraction of sp³-hybridized carbons (Fsp3) is 0.538. The zero-order valence-electron chi connectivity index (χ0n) is 12.7. The number of hydrogen-bond donors (Lipinski definition) is 2. The number of rotatable bonds is 7. The highest BCUT2D eigenvalue weighted by Gasteiger charge is 2.22. The lowest BCUT2D eigenvalue weighted by atomic mass is 10.1. The number of amides is 1. The average molecular weight is 295 g/mol. The van der Waals surface area contributed by atoms with Gasteiger partial charge in [0.1, 0.15) is 17.6 Å². The molecule has 0 bridgehead atoms. The summed E-state index contributed by atoms with van der Waals surface area (Å²) in [6, 6.07) is 1.30. The second-order valence-corrected chi connectivity index (χ2v) is 5.06. The maximum atomic E-state index is 12.2. The van der Waals surface area contributed by atoms with E-state index in [0.717, 1.165) is 19.2 Å². The number of carbonyl (C=O) groups excluding carboxylic acids is 1. The van der Waals surface area contributed by atoms with Gasteiger partial charge in [0.15, 0.2) is 0 Å². The van der Waals surface area contributed by atoms with Gasteiger partial charge >= 0.3 is 0 Å². The maximum Gasteiger partial charge on any atom is 0.300 e. The Kier molecular flexibility index (Phi) is 6.04. The Morgan fingerprint density at radius 2 is 2.19 bits per heavy atom. The van der Waals surface area contributed by atoms with E-state index in [1.54, 1.807) is 7.05 Å². The zero-order valence-corrected chi connectivity index (χ0v) is 12.7. The van der Waals surface area contributed by atoms with Crippen LogP contribution in [0.2, 0.25) is 0 Å². The first kappa shape index (κ1) is 16.8. The van der Waals surface area contributed by atoms with Crippen LogP contribution in [-0.2, 0) is 0 Å². The number of hydrogen-bond acceptors (Lipinski definition) is 6. The molecule has 0 saturated carbocycles. The normalized spacial score (nSPS) is 12.0. The summed E-state index contributed by atoms with van der Waals surface area (Å²) >= 11 is 0. The van der Waals surface area contributed by atoms with Gasteiger partial charge in [-0.1, -0.05) is 0 Å². The van der Waals surface area contributed by atoms with Gasteiger partial charge in [0.25, 0.3) is 11.6 Å². The van der Waals surface area contributed by atoms with Crippen molar-refractivity contribution < 1.29 is 9.72 Å². The van der Waals surface area contributed by atoms with Crippen LogP contribution >= 0.6 is 0 Å². The molecule has 0 aliphatic heterocycles. The van der Waals surface area contributed by atoms with E-state index in [4.69, 9.17) is 0 Å². The summed E-state index contributed by atoms with van der Waals surface area (Å²) in [6.07, 6.45) is 1.85. The molecular weight excluding hydrogens is 274 g/mol. The molecule has 1 unspecified atom stereocenters. The van der Waals surface area contributed by atoms with Crippen molar-refractivity contribution in [3.05, 3.63) is 27.9 Å². The van der Waals surface area contributed by atoms with Crippen LogP contribution in [0.5, 0.6) is 0 Å². The molecule has 8 heteroatoms. The third-order valence-corrected chi connectivity index (χ3v) is 2.97. The molecule has 0 fully saturated rings. The Balaban J connectivity index is 2.87. The number of carbonyl (C=O) groups is 1. The summed E-state index contributed by atoms with van der Waals surface area (Å²) in [5.74, 6) is -0.0569. The van der Waals surface area contributed by atoms with Crippen molar-refractivity contribution >= 4 is 17.4 Å². The van der Waals surface area contributed by atoms with Crippen LogP contribution in [0.15, 0.2) is 12.3 Å². The molecule has 1 aromatic heterocycles. The Labute approximate surface area is 123 Å². The lowest BCUT2D eigenvalue weighted by Gasteiger charge is -2.16. The van der Waals surface area contributed by atoms with Crippen LogP contribution in [-0.4, -0.2) is 54.4 Å². The van der Waals surface area contributed by atoms with Gasteiger partial charge in [-0.15, -0.1) is 0 Å². The minimum absolute atomic E-state index is 0.0102. The summed E-state index contributed by atoms with van der Waals surface area (Å²) in [4.78, 5) is 28.5. The molecule has 0 saturated heterocycles. The van der Waals surface area contributed by atoms with E-state index in [0.29, 0.717) is 5.82 Å². The highest BCUT2D eigenvalue weighted by Crippen LogP contribution is 2.20. The quantitative estimate of drug-likeness (QED) is 0.577. The molecular formula is C13H21N5O3. The summed E-state index contributed by atoms with van der Waals surface area (Å²) < 4.78 is 0. The van der Waals surface area contributed by atoms with Gasteiger partial charge in [-0.05, 0) is 34.0 Å². The van der Waals surface area contributed by atoms with Gasteiger partial charge in [0.05, 0.1) is 4.92 Å². The molecule has 0 radical (unpaired) electrons. The topological polar surface area (TPSA) is 100 Å². The monoisotopic (exact) mass is 295 g/mol. The first-order chi connectivity index (χ1) is 9.85. The highest BCUT2D eigenvalue weighted by atomic mass is 16.6. The van der Waals surface area contributed by atoms with Crippen LogP contribution in [0, 0.1) is 10.1 Å². The highest BCUT2D eigenvalue weighted by molar-refractivity contribution is 5.98. The number of anilines is 1. The second-order valence-electron chi connectivity index (χ2n) is 5.06. The fourth-order valence-corrected chi connectivity index (χ4v) is 1.74. The third kappa shape index (κ3) is 4.99. The van der Waals surface area contributed by atoms with Crippen LogP contribution in [0.1, 0.15) is 23.7 Å². The third-order valence-electron chi connectivity index (χ3n) is 2.97. The largest absolute Gasteiger partial charge is 0.373 e. The SMILES string of the molecule is CNc1cc(C(=O)NC(C)CCN(C)C)c([N+](=O)[O-])cn1. The van der Waals surface area contributed by atoms with E-state index in [1.165, 1.54) is 6.07 Å². The smallest absolute Gasteiger partial charge is 0.300 e. The second kappa shape index (κ2) is 7.53. The Hall–Kier alpha value is -2.22. The Morgan fingerprint density at radius 1 is 1.52 bits per heavy atom. The van der Waals surface area contributed by atoms with Gasteiger partial charge in [-0.2, -0.15) is 0 Å². The van der Waals surface area contributed by atoms with E-state index >= 15 is 0 Å². The predicted molar refractivity (Wildman–Crippen MR) is 80.5 cm³/mol. The van der Waals surface area contributed by atoms with Crippen molar-refractivity contribution in [2.45, 2.75) is 19.4 Å². The zero-order chi connectivity index (χ0) is 16.0. The summed E-state index contributed by atoms with van der Waals surface area (Å²) in [6.45, 7) is 2.69. The molecule has 1 atom stereocenters. The van der Waals surface area contributed by atoms with E-state index < -0.39 is 10.8 Å². The minimum Gasteiger partial charge on any atom is -0.373 e. The van der Waals surface area contributed by atoms with Crippen LogP contribution in [0.3, 0.4) is 0 Å². The maximum absolute atomic E-state index is 12.2. The van der Waals surface area contributed by atoms with Crippen molar-refractivity contribution in [1.82, 2.24) is 15.2 Å². The van der Waals surface area contributed by atoms with Gasteiger partial charge in [0.2, 0.25) is 0 Å². The van der Waals surface area contributed by atoms with Crippen molar-refractivity contribution in [3.8, 4) is 0 Å². The summed E-state index contributed by atoms with van der Waals surface area (Å²) in [5.41, 5.74) is -0.289. The average Bonchev–Trinajstić information content (AvgIpc) is 2.44. The molecule has 2 N–H and O–H groups in total. The number of nitro groups is 1. The van der Waals surface area contributed by atoms with Crippen molar-refractivity contribution in [1.29, 1.82) is 0 Å². The molecule has 0 spiro atoms. The number of nitrogens with one attached hydrogen (secondary N) is 2. The lowest BCUT2D eigenvalue weighted by Crippen LogP contribution is -2.35. The van der Waals surface area contributed by atoms with Crippen molar-refractivity contribution in [2.75, 3.05) is 33.0 Å². The van der Waals surface area contributed by atoms with Gasteiger partial charge < -0.3 is 15.5 Å². The Bertz CT molecular complexity index is 519. The molecule has 1 rings (SSSR count). The molecule has 21 heavy (non-hydrogen) atoms. The lowest BCUT2D eigenvalue weighted by molar-refractivity contribution is -0.385. The molecule has 0 aliphatic rings. The minimum atomic E-state index is -0.605. The summed E-state index contributed by atoms with van der Waals surface area (Å²) in [7, 11) is 5.53. The molecule has 1 amide bonds. The first-order valence-electron chi connectivity index (χ1n) is 6.63. The van der Waals surface area contributed by atoms with E-state index in [9.17, 15) is 14.9 Å².